The molecule has 20 heavy (non-hydrogen) atoms. The van der Waals surface area contributed by atoms with Crippen LogP contribution in [0, 0.1) is 0 Å². The molecule has 1 heterocycles. The second kappa shape index (κ2) is 5.25. The van der Waals surface area contributed by atoms with Crippen LogP contribution in [0.4, 0.5) is 0 Å². The molecule has 2 N–H and O–H groups in total. The molecular formula is C15H18N2O3. The summed E-state index contributed by atoms with van der Waals surface area (Å²) in [4.78, 5) is 25.2. The van der Waals surface area contributed by atoms with Crippen molar-refractivity contribution in [2.24, 2.45) is 0 Å². The van der Waals surface area contributed by atoms with Crippen molar-refractivity contribution in [3.8, 4) is 0 Å². The molecule has 5 heteroatoms. The highest BCUT2D eigenvalue weighted by Crippen LogP contribution is 2.24. The molecule has 0 bridgehead atoms. The third-order valence-electron chi connectivity index (χ3n) is 3.97. The number of fused-ring (bicyclic) bond motifs is 1. The van der Waals surface area contributed by atoms with Gasteiger partial charge in [0.25, 0.3) is 0 Å². The normalized spacial score (nSPS) is 21.4. The molecule has 5 nitrogen and oxygen atoms in total. The maximum Gasteiger partial charge on any atom is 0.326 e. The molecule has 0 radical (unpaired) electrons. The minimum atomic E-state index is -0.931. The predicted octanol–water partition coefficient (Wildman–Crippen LogP) is 0.776. The maximum absolute atomic E-state index is 12.3. The minimum Gasteiger partial charge on any atom is -0.480 e. The number of carbonyl (C=O) groups excluding carboxylic acids is 1. The molecule has 3 rings (SSSR count). The van der Waals surface area contributed by atoms with Gasteiger partial charge in [-0.25, -0.2) is 4.79 Å². The number of carboxylic acid groups (broad SMARTS) is 1. The van der Waals surface area contributed by atoms with Crippen LogP contribution >= 0.6 is 0 Å². The zero-order valence-electron chi connectivity index (χ0n) is 11.2. The van der Waals surface area contributed by atoms with E-state index in [4.69, 9.17) is 0 Å². The van der Waals surface area contributed by atoms with E-state index in [0.29, 0.717) is 19.0 Å². The Hall–Kier alpha value is -1.88. The Morgan fingerprint density at radius 3 is 2.60 bits per heavy atom. The number of amides is 1. The maximum atomic E-state index is 12.3. The van der Waals surface area contributed by atoms with Gasteiger partial charge in [-0.2, -0.15) is 0 Å². The number of hydrogen-bond acceptors (Lipinski definition) is 3. The number of carbonyl (C=O) groups is 2. The van der Waals surface area contributed by atoms with Gasteiger partial charge in [0.2, 0.25) is 5.91 Å². The molecule has 1 aliphatic heterocycles. The van der Waals surface area contributed by atoms with Crippen LogP contribution in [0.2, 0.25) is 0 Å². The largest absolute Gasteiger partial charge is 0.480 e. The molecule has 1 amide bonds. The summed E-state index contributed by atoms with van der Waals surface area (Å²) < 4.78 is 0. The van der Waals surface area contributed by atoms with E-state index in [2.05, 4.69) is 5.32 Å². The highest BCUT2D eigenvalue weighted by Gasteiger charge is 2.34. The van der Waals surface area contributed by atoms with Crippen LogP contribution in [-0.2, 0) is 22.6 Å². The molecular weight excluding hydrogens is 256 g/mol. The Balaban J connectivity index is 1.76. The summed E-state index contributed by atoms with van der Waals surface area (Å²) in [5, 5.41) is 12.5. The second-order valence-corrected chi connectivity index (χ2v) is 5.50. The summed E-state index contributed by atoms with van der Waals surface area (Å²) >= 11 is 0. The zero-order chi connectivity index (χ0) is 14.1. The highest BCUT2D eigenvalue weighted by molar-refractivity contribution is 5.85. The van der Waals surface area contributed by atoms with Crippen molar-refractivity contribution in [2.75, 3.05) is 6.54 Å². The first kappa shape index (κ1) is 13.1. The third-order valence-corrected chi connectivity index (χ3v) is 3.97. The average molecular weight is 274 g/mol. The number of benzene rings is 1. The van der Waals surface area contributed by atoms with Gasteiger partial charge < -0.3 is 15.3 Å². The lowest BCUT2D eigenvalue weighted by atomic mass is 9.94. The molecule has 1 saturated carbocycles. The Morgan fingerprint density at radius 2 is 1.95 bits per heavy atom. The van der Waals surface area contributed by atoms with Crippen LogP contribution in [0.1, 0.15) is 24.0 Å². The van der Waals surface area contributed by atoms with Gasteiger partial charge in [0, 0.05) is 19.0 Å². The van der Waals surface area contributed by atoms with Crippen LogP contribution < -0.4 is 5.32 Å². The lowest BCUT2D eigenvalue weighted by molar-refractivity contribution is -0.151. The quantitative estimate of drug-likeness (QED) is 0.851. The molecule has 106 valence electrons. The zero-order valence-corrected chi connectivity index (χ0v) is 11.2. The van der Waals surface area contributed by atoms with E-state index in [9.17, 15) is 14.7 Å². The Labute approximate surface area is 117 Å². The molecule has 1 atom stereocenters. The van der Waals surface area contributed by atoms with Crippen LogP contribution in [0.15, 0.2) is 24.3 Å². The fourth-order valence-corrected chi connectivity index (χ4v) is 2.63. The van der Waals surface area contributed by atoms with Gasteiger partial charge in [0.1, 0.15) is 6.04 Å². The number of nitrogens with one attached hydrogen (secondary N) is 1. The van der Waals surface area contributed by atoms with E-state index in [0.717, 1.165) is 24.0 Å². The number of carboxylic acids is 1. The predicted molar refractivity (Wildman–Crippen MR) is 73.1 cm³/mol. The fraction of sp³-hybridized carbons (Fsp3) is 0.467. The Bertz CT molecular complexity index is 540. The Kier molecular flexibility index (Phi) is 3.44. The summed E-state index contributed by atoms with van der Waals surface area (Å²) in [6.07, 6.45) is 2.61. The first-order valence-electron chi connectivity index (χ1n) is 6.97. The average Bonchev–Trinajstić information content (AvgIpc) is 3.27. The van der Waals surface area contributed by atoms with E-state index in [1.54, 1.807) is 0 Å². The molecule has 2 aliphatic rings. The molecule has 1 aliphatic carbocycles. The van der Waals surface area contributed by atoms with Gasteiger partial charge in [0.05, 0.1) is 6.54 Å². The number of rotatable bonds is 4. The van der Waals surface area contributed by atoms with Crippen molar-refractivity contribution in [1.29, 1.82) is 0 Å². The third kappa shape index (κ3) is 2.67. The van der Waals surface area contributed by atoms with Crippen LogP contribution in [0.3, 0.4) is 0 Å². The topological polar surface area (TPSA) is 69.6 Å². The van der Waals surface area contributed by atoms with Crippen LogP contribution in [-0.4, -0.2) is 40.5 Å². The fourth-order valence-electron chi connectivity index (χ4n) is 2.63. The molecule has 1 aromatic carbocycles. The number of hydrogen-bond donors (Lipinski definition) is 2. The highest BCUT2D eigenvalue weighted by atomic mass is 16.4. The van der Waals surface area contributed by atoms with Crippen molar-refractivity contribution >= 4 is 11.9 Å². The summed E-state index contributed by atoms with van der Waals surface area (Å²) in [7, 11) is 0. The van der Waals surface area contributed by atoms with E-state index in [-0.39, 0.29) is 12.5 Å². The summed E-state index contributed by atoms with van der Waals surface area (Å²) in [6.45, 7) is 0.620. The van der Waals surface area contributed by atoms with Gasteiger partial charge in [0.15, 0.2) is 0 Å². The standard InChI is InChI=1S/C15H18N2O3/c18-14(8-16-12-5-6-12)17-9-11-4-2-1-3-10(11)7-13(17)15(19)20/h1-4,12-13,16H,5-9H2,(H,19,20)/t13-/m1/s1. The van der Waals surface area contributed by atoms with Crippen LogP contribution in [0.5, 0.6) is 0 Å². The number of aliphatic carboxylic acids is 1. The minimum absolute atomic E-state index is 0.126. The van der Waals surface area contributed by atoms with Crippen LogP contribution in [0.25, 0.3) is 0 Å². The molecule has 0 spiro atoms. The second-order valence-electron chi connectivity index (χ2n) is 5.50. The van der Waals surface area contributed by atoms with E-state index in [1.165, 1.54) is 4.90 Å². The van der Waals surface area contributed by atoms with Gasteiger partial charge >= 0.3 is 5.97 Å². The van der Waals surface area contributed by atoms with E-state index >= 15 is 0 Å². The smallest absolute Gasteiger partial charge is 0.326 e. The summed E-state index contributed by atoms with van der Waals surface area (Å²) in [5.41, 5.74) is 2.07. The van der Waals surface area contributed by atoms with Gasteiger partial charge in [-0.3, -0.25) is 4.79 Å². The van der Waals surface area contributed by atoms with Gasteiger partial charge in [-0.15, -0.1) is 0 Å². The van der Waals surface area contributed by atoms with Gasteiger partial charge in [-0.1, -0.05) is 24.3 Å². The lowest BCUT2D eigenvalue weighted by Crippen LogP contribution is -2.51. The molecule has 1 aromatic rings. The molecule has 1 fully saturated rings. The van der Waals surface area contributed by atoms with Crippen molar-refractivity contribution in [2.45, 2.75) is 37.9 Å². The van der Waals surface area contributed by atoms with Crippen molar-refractivity contribution < 1.29 is 14.7 Å². The van der Waals surface area contributed by atoms with Crippen molar-refractivity contribution in [1.82, 2.24) is 10.2 Å². The lowest BCUT2D eigenvalue weighted by Gasteiger charge is -2.34. The van der Waals surface area contributed by atoms with Crippen molar-refractivity contribution in [3.05, 3.63) is 35.4 Å². The van der Waals surface area contributed by atoms with E-state index in [1.807, 2.05) is 24.3 Å². The summed E-state index contributed by atoms with van der Waals surface area (Å²) in [6, 6.07) is 7.42. The molecule has 0 aromatic heterocycles. The first-order valence-corrected chi connectivity index (χ1v) is 6.97. The van der Waals surface area contributed by atoms with Gasteiger partial charge in [-0.05, 0) is 24.0 Å². The van der Waals surface area contributed by atoms with E-state index < -0.39 is 12.0 Å². The molecule has 0 unspecified atom stereocenters. The summed E-state index contributed by atoms with van der Waals surface area (Å²) in [5.74, 6) is -1.06. The molecule has 0 saturated heterocycles. The monoisotopic (exact) mass is 274 g/mol. The van der Waals surface area contributed by atoms with Crippen molar-refractivity contribution in [3.63, 3.8) is 0 Å². The SMILES string of the molecule is O=C(O)[C@H]1Cc2ccccc2CN1C(=O)CNC1CC1. The Morgan fingerprint density at radius 1 is 1.25 bits per heavy atom. The first-order chi connectivity index (χ1) is 9.65. The number of nitrogens with zero attached hydrogens (tertiary/aromatic N) is 1.